The number of rotatable bonds is 5. The molecule has 2 aromatic rings. The summed E-state index contributed by atoms with van der Waals surface area (Å²) in [6.07, 6.45) is 2.84. The standard InChI is InChI=1S/C19H22N6O3/c1-23-8-9-25-16(19(23)28)10-15(22-25)18(27)24(11-13-4-2-3-7-20-13)12-14-5-6-17(26)21-14/h2-4,7,10,14H,5-6,8-9,11-12H2,1H3,(H,21,26)/t14-/m0/s1. The third-order valence-electron chi connectivity index (χ3n) is 5.10. The zero-order valence-corrected chi connectivity index (χ0v) is 15.7. The number of pyridine rings is 1. The second-order valence-electron chi connectivity index (χ2n) is 7.17. The molecule has 9 nitrogen and oxygen atoms in total. The molecule has 0 unspecified atom stereocenters. The summed E-state index contributed by atoms with van der Waals surface area (Å²) >= 11 is 0. The minimum absolute atomic E-state index is 0.00123. The number of hydrogen-bond donors (Lipinski definition) is 1. The highest BCUT2D eigenvalue weighted by Gasteiger charge is 2.30. The quantitative estimate of drug-likeness (QED) is 0.801. The van der Waals surface area contributed by atoms with Crippen molar-refractivity contribution in [1.29, 1.82) is 0 Å². The van der Waals surface area contributed by atoms with E-state index in [1.165, 1.54) is 0 Å². The molecule has 2 aliphatic rings. The average Bonchev–Trinajstić information content (AvgIpc) is 3.31. The Bertz CT molecular complexity index is 910. The molecular formula is C19H22N6O3. The first-order chi connectivity index (χ1) is 13.5. The molecule has 1 saturated heterocycles. The minimum atomic E-state index is -0.274. The Morgan fingerprint density at radius 1 is 1.32 bits per heavy atom. The van der Waals surface area contributed by atoms with Crippen molar-refractivity contribution in [3.05, 3.63) is 47.5 Å². The van der Waals surface area contributed by atoms with Crippen LogP contribution in [0.1, 0.15) is 39.5 Å². The summed E-state index contributed by atoms with van der Waals surface area (Å²) in [7, 11) is 1.73. The van der Waals surface area contributed by atoms with Crippen LogP contribution in [-0.2, 0) is 17.9 Å². The molecule has 0 aromatic carbocycles. The van der Waals surface area contributed by atoms with E-state index >= 15 is 0 Å². The van der Waals surface area contributed by atoms with Crippen LogP contribution in [0.2, 0.25) is 0 Å². The second kappa shape index (κ2) is 7.41. The van der Waals surface area contributed by atoms with Gasteiger partial charge in [-0.1, -0.05) is 6.07 Å². The largest absolute Gasteiger partial charge is 0.352 e. The first-order valence-electron chi connectivity index (χ1n) is 9.33. The van der Waals surface area contributed by atoms with Gasteiger partial charge in [0, 0.05) is 44.9 Å². The van der Waals surface area contributed by atoms with E-state index in [0.29, 0.717) is 44.7 Å². The Labute approximate surface area is 162 Å². The van der Waals surface area contributed by atoms with Gasteiger partial charge in [-0.2, -0.15) is 5.10 Å². The van der Waals surface area contributed by atoms with Gasteiger partial charge in [0.2, 0.25) is 5.91 Å². The summed E-state index contributed by atoms with van der Waals surface area (Å²) in [5.74, 6) is -0.414. The van der Waals surface area contributed by atoms with Crippen LogP contribution in [0.3, 0.4) is 0 Å². The van der Waals surface area contributed by atoms with E-state index in [1.807, 2.05) is 18.2 Å². The molecule has 1 N–H and O–H groups in total. The number of nitrogens with one attached hydrogen (secondary N) is 1. The fourth-order valence-electron chi connectivity index (χ4n) is 3.55. The van der Waals surface area contributed by atoms with Crippen LogP contribution < -0.4 is 5.32 Å². The molecule has 4 heterocycles. The molecule has 2 aliphatic heterocycles. The van der Waals surface area contributed by atoms with Crippen molar-refractivity contribution in [3.8, 4) is 0 Å². The molecule has 0 radical (unpaired) electrons. The van der Waals surface area contributed by atoms with Gasteiger partial charge in [0.15, 0.2) is 5.69 Å². The molecular weight excluding hydrogens is 360 g/mol. The number of nitrogens with zero attached hydrogens (tertiary/aromatic N) is 5. The zero-order valence-electron chi connectivity index (χ0n) is 15.7. The first-order valence-corrected chi connectivity index (χ1v) is 9.33. The Balaban J connectivity index is 1.58. The summed E-state index contributed by atoms with van der Waals surface area (Å²) in [5, 5.41) is 7.26. The van der Waals surface area contributed by atoms with Gasteiger partial charge >= 0.3 is 0 Å². The van der Waals surface area contributed by atoms with Crippen LogP contribution in [0.5, 0.6) is 0 Å². The summed E-state index contributed by atoms with van der Waals surface area (Å²) in [6.45, 7) is 1.80. The Morgan fingerprint density at radius 2 is 2.18 bits per heavy atom. The van der Waals surface area contributed by atoms with Gasteiger partial charge < -0.3 is 15.1 Å². The van der Waals surface area contributed by atoms with Gasteiger partial charge in [-0.3, -0.25) is 24.0 Å². The molecule has 0 aliphatic carbocycles. The van der Waals surface area contributed by atoms with E-state index in [4.69, 9.17) is 0 Å². The van der Waals surface area contributed by atoms with Gasteiger partial charge in [0.25, 0.3) is 11.8 Å². The van der Waals surface area contributed by atoms with Crippen molar-refractivity contribution in [2.75, 3.05) is 20.1 Å². The molecule has 3 amide bonds. The van der Waals surface area contributed by atoms with Crippen molar-refractivity contribution in [2.45, 2.75) is 32.0 Å². The molecule has 0 bridgehead atoms. The molecule has 0 saturated carbocycles. The normalized spacial score (nSPS) is 18.8. The summed E-state index contributed by atoms with van der Waals surface area (Å²) in [6, 6.07) is 7.00. The maximum Gasteiger partial charge on any atom is 0.274 e. The highest BCUT2D eigenvalue weighted by Crippen LogP contribution is 2.17. The number of fused-ring (bicyclic) bond motifs is 1. The van der Waals surface area contributed by atoms with Crippen LogP contribution in [0.25, 0.3) is 0 Å². The second-order valence-corrected chi connectivity index (χ2v) is 7.17. The topological polar surface area (TPSA) is 100 Å². The van der Waals surface area contributed by atoms with Crippen LogP contribution in [0, 0.1) is 0 Å². The molecule has 28 heavy (non-hydrogen) atoms. The SMILES string of the molecule is CN1CCn2nc(C(=O)N(Cc3ccccn3)C[C@@H]3CCC(=O)N3)cc2C1=O. The van der Waals surface area contributed by atoms with Crippen molar-refractivity contribution < 1.29 is 14.4 Å². The number of carbonyl (C=O) groups excluding carboxylic acids is 3. The molecule has 1 fully saturated rings. The monoisotopic (exact) mass is 382 g/mol. The zero-order chi connectivity index (χ0) is 19.7. The number of carbonyl (C=O) groups is 3. The molecule has 9 heteroatoms. The number of amides is 3. The van der Waals surface area contributed by atoms with Gasteiger partial charge in [-0.25, -0.2) is 0 Å². The molecule has 146 valence electrons. The minimum Gasteiger partial charge on any atom is -0.352 e. The Morgan fingerprint density at radius 3 is 2.89 bits per heavy atom. The number of hydrogen-bond acceptors (Lipinski definition) is 5. The van der Waals surface area contributed by atoms with Crippen LogP contribution in [0.15, 0.2) is 30.5 Å². The number of likely N-dealkylation sites (N-methyl/N-ethyl adjacent to an activating group) is 1. The van der Waals surface area contributed by atoms with Gasteiger partial charge in [-0.05, 0) is 18.6 Å². The summed E-state index contributed by atoms with van der Waals surface area (Å²) in [4.78, 5) is 44.6. The fraction of sp³-hybridized carbons (Fsp3) is 0.421. The summed E-state index contributed by atoms with van der Waals surface area (Å²) < 4.78 is 1.59. The highest BCUT2D eigenvalue weighted by molar-refractivity contribution is 5.98. The molecule has 4 rings (SSSR count). The lowest BCUT2D eigenvalue weighted by Gasteiger charge is -2.24. The van der Waals surface area contributed by atoms with E-state index in [9.17, 15) is 14.4 Å². The van der Waals surface area contributed by atoms with E-state index in [1.54, 1.807) is 33.8 Å². The average molecular weight is 382 g/mol. The van der Waals surface area contributed by atoms with E-state index in [2.05, 4.69) is 15.4 Å². The van der Waals surface area contributed by atoms with E-state index < -0.39 is 0 Å². The van der Waals surface area contributed by atoms with Gasteiger partial charge in [-0.15, -0.1) is 0 Å². The summed E-state index contributed by atoms with van der Waals surface area (Å²) in [5.41, 5.74) is 1.41. The van der Waals surface area contributed by atoms with Crippen LogP contribution in [-0.4, -0.2) is 68.5 Å². The smallest absolute Gasteiger partial charge is 0.274 e. The Kier molecular flexibility index (Phi) is 4.81. The lowest BCUT2D eigenvalue weighted by atomic mass is 10.2. The van der Waals surface area contributed by atoms with Crippen molar-refractivity contribution >= 4 is 17.7 Å². The molecule has 2 aromatic heterocycles. The van der Waals surface area contributed by atoms with E-state index in [-0.39, 0.29) is 29.5 Å². The Hall–Kier alpha value is -3.23. The lowest BCUT2D eigenvalue weighted by Crippen LogP contribution is -2.41. The maximum atomic E-state index is 13.2. The van der Waals surface area contributed by atoms with Crippen LogP contribution in [0.4, 0.5) is 0 Å². The third-order valence-corrected chi connectivity index (χ3v) is 5.10. The highest BCUT2D eigenvalue weighted by atomic mass is 16.2. The molecule has 1 atom stereocenters. The van der Waals surface area contributed by atoms with E-state index in [0.717, 1.165) is 5.69 Å². The van der Waals surface area contributed by atoms with Gasteiger partial charge in [0.05, 0.1) is 18.8 Å². The maximum absolute atomic E-state index is 13.2. The van der Waals surface area contributed by atoms with Crippen LogP contribution >= 0.6 is 0 Å². The molecule has 0 spiro atoms. The predicted octanol–water partition coefficient (Wildman–Crippen LogP) is 0.285. The fourth-order valence-corrected chi connectivity index (χ4v) is 3.55. The third kappa shape index (κ3) is 3.60. The first kappa shape index (κ1) is 18.1. The predicted molar refractivity (Wildman–Crippen MR) is 99.3 cm³/mol. The van der Waals surface area contributed by atoms with Crippen molar-refractivity contribution in [1.82, 2.24) is 29.9 Å². The number of aromatic nitrogens is 3. The van der Waals surface area contributed by atoms with Crippen molar-refractivity contribution in [2.24, 2.45) is 0 Å². The van der Waals surface area contributed by atoms with Gasteiger partial charge in [0.1, 0.15) is 5.69 Å². The van der Waals surface area contributed by atoms with Crippen molar-refractivity contribution in [3.63, 3.8) is 0 Å². The lowest BCUT2D eigenvalue weighted by molar-refractivity contribution is -0.119.